The first-order valence-electron chi connectivity index (χ1n) is 5.24. The van der Waals surface area contributed by atoms with Gasteiger partial charge in [0.1, 0.15) is 0 Å². The Balaban J connectivity index is 1.58. The molecule has 3 unspecified atom stereocenters. The smallest absolute Gasteiger partial charge is 0.0802 e. The lowest BCUT2D eigenvalue weighted by atomic mass is 9.98. The highest BCUT2D eigenvalue weighted by Crippen LogP contribution is 2.57. The van der Waals surface area contributed by atoms with Crippen molar-refractivity contribution in [3.63, 3.8) is 0 Å². The molecule has 2 heteroatoms. The fourth-order valence-corrected chi connectivity index (χ4v) is 2.67. The van der Waals surface area contributed by atoms with Gasteiger partial charge in [-0.15, -0.1) is 0 Å². The Hall–Kier alpha value is -0.0800. The van der Waals surface area contributed by atoms with E-state index in [4.69, 9.17) is 0 Å². The standard InChI is InChI=1S/C10H17NO/c12-10(6-11-8-1-2-8)4-3-7-5-9(7)10/h7-9,11-12H,1-6H2. The molecule has 0 amide bonds. The highest BCUT2D eigenvalue weighted by atomic mass is 16.3. The van der Waals surface area contributed by atoms with Crippen LogP contribution >= 0.6 is 0 Å². The van der Waals surface area contributed by atoms with Crippen LogP contribution in [0.25, 0.3) is 0 Å². The summed E-state index contributed by atoms with van der Waals surface area (Å²) in [5.41, 5.74) is -0.312. The van der Waals surface area contributed by atoms with Gasteiger partial charge in [0.2, 0.25) is 0 Å². The Bertz CT molecular complexity index is 202. The van der Waals surface area contributed by atoms with Gasteiger partial charge in [0.15, 0.2) is 0 Å². The molecule has 3 aliphatic carbocycles. The van der Waals surface area contributed by atoms with Gasteiger partial charge in [-0.1, -0.05) is 0 Å². The first-order chi connectivity index (χ1) is 5.78. The van der Waals surface area contributed by atoms with Crippen molar-refractivity contribution in [1.29, 1.82) is 0 Å². The lowest BCUT2D eigenvalue weighted by molar-refractivity contribution is 0.0250. The zero-order valence-electron chi connectivity index (χ0n) is 7.42. The Morgan fingerprint density at radius 2 is 2.17 bits per heavy atom. The van der Waals surface area contributed by atoms with E-state index in [9.17, 15) is 5.11 Å². The van der Waals surface area contributed by atoms with Crippen LogP contribution in [0.4, 0.5) is 0 Å². The molecule has 68 valence electrons. The topological polar surface area (TPSA) is 32.3 Å². The molecule has 3 saturated carbocycles. The predicted molar refractivity (Wildman–Crippen MR) is 46.8 cm³/mol. The Labute approximate surface area is 73.4 Å². The zero-order chi connectivity index (χ0) is 8.18. The monoisotopic (exact) mass is 167 g/mol. The second-order valence-corrected chi connectivity index (χ2v) is 4.90. The molecule has 0 radical (unpaired) electrons. The second-order valence-electron chi connectivity index (χ2n) is 4.90. The molecule has 2 N–H and O–H groups in total. The molecule has 12 heavy (non-hydrogen) atoms. The number of aliphatic hydroxyl groups is 1. The normalized spacial score (nSPS) is 50.8. The molecule has 0 spiro atoms. The fourth-order valence-electron chi connectivity index (χ4n) is 2.67. The van der Waals surface area contributed by atoms with E-state index in [0.29, 0.717) is 5.92 Å². The summed E-state index contributed by atoms with van der Waals surface area (Å²) in [6.07, 6.45) is 6.26. The van der Waals surface area contributed by atoms with Crippen LogP contribution in [-0.4, -0.2) is 23.3 Å². The molecule has 0 aliphatic heterocycles. The molecule has 0 saturated heterocycles. The van der Waals surface area contributed by atoms with E-state index in [1.54, 1.807) is 0 Å². The van der Waals surface area contributed by atoms with Gasteiger partial charge in [-0.05, 0) is 43.9 Å². The van der Waals surface area contributed by atoms with E-state index in [-0.39, 0.29) is 5.60 Å². The van der Waals surface area contributed by atoms with E-state index in [1.807, 2.05) is 0 Å². The third-order valence-corrected chi connectivity index (χ3v) is 3.84. The highest BCUT2D eigenvalue weighted by Gasteiger charge is 2.56. The van der Waals surface area contributed by atoms with E-state index >= 15 is 0 Å². The van der Waals surface area contributed by atoms with Gasteiger partial charge in [-0.3, -0.25) is 0 Å². The van der Waals surface area contributed by atoms with Crippen LogP contribution in [0, 0.1) is 11.8 Å². The Morgan fingerprint density at radius 1 is 1.33 bits per heavy atom. The van der Waals surface area contributed by atoms with Crippen LogP contribution in [-0.2, 0) is 0 Å². The van der Waals surface area contributed by atoms with Gasteiger partial charge in [0.05, 0.1) is 5.60 Å². The quantitative estimate of drug-likeness (QED) is 0.654. The molecule has 3 fully saturated rings. The lowest BCUT2D eigenvalue weighted by Gasteiger charge is -2.25. The van der Waals surface area contributed by atoms with Gasteiger partial charge in [0, 0.05) is 12.6 Å². The molecule has 0 aromatic heterocycles. The maximum absolute atomic E-state index is 10.2. The number of rotatable bonds is 3. The third-order valence-electron chi connectivity index (χ3n) is 3.84. The summed E-state index contributed by atoms with van der Waals surface area (Å²) in [5.74, 6) is 1.54. The van der Waals surface area contributed by atoms with Crippen molar-refractivity contribution in [1.82, 2.24) is 5.32 Å². The summed E-state index contributed by atoms with van der Waals surface area (Å²) in [7, 11) is 0. The highest BCUT2D eigenvalue weighted by molar-refractivity contribution is 5.08. The zero-order valence-corrected chi connectivity index (χ0v) is 7.42. The summed E-state index contributed by atoms with van der Waals surface area (Å²) in [5, 5.41) is 13.7. The van der Waals surface area contributed by atoms with E-state index in [2.05, 4.69) is 5.32 Å². The van der Waals surface area contributed by atoms with Crippen molar-refractivity contribution >= 4 is 0 Å². The van der Waals surface area contributed by atoms with Crippen LogP contribution in [0.2, 0.25) is 0 Å². The Morgan fingerprint density at radius 3 is 2.67 bits per heavy atom. The number of nitrogens with one attached hydrogen (secondary N) is 1. The summed E-state index contributed by atoms with van der Waals surface area (Å²) in [4.78, 5) is 0. The number of hydrogen-bond donors (Lipinski definition) is 2. The second kappa shape index (κ2) is 2.24. The predicted octanol–water partition coefficient (Wildman–Crippen LogP) is 0.899. The first kappa shape index (κ1) is 7.34. The molecule has 3 atom stereocenters. The largest absolute Gasteiger partial charge is 0.388 e. The molecule has 3 rings (SSSR count). The van der Waals surface area contributed by atoms with E-state index in [1.165, 1.54) is 25.7 Å². The van der Waals surface area contributed by atoms with Crippen LogP contribution in [0.15, 0.2) is 0 Å². The van der Waals surface area contributed by atoms with Crippen molar-refractivity contribution < 1.29 is 5.11 Å². The molecule has 0 bridgehead atoms. The average molecular weight is 167 g/mol. The molecule has 0 aromatic rings. The minimum absolute atomic E-state index is 0.312. The minimum atomic E-state index is -0.312. The first-order valence-corrected chi connectivity index (χ1v) is 5.24. The molecule has 0 heterocycles. The molecular formula is C10H17NO. The van der Waals surface area contributed by atoms with Gasteiger partial charge in [-0.25, -0.2) is 0 Å². The SMILES string of the molecule is OC1(CNC2CC2)CCC2CC21. The van der Waals surface area contributed by atoms with Crippen molar-refractivity contribution in [3.8, 4) is 0 Å². The molecule has 3 aliphatic rings. The summed E-state index contributed by atoms with van der Waals surface area (Å²) >= 11 is 0. The molecular weight excluding hydrogens is 150 g/mol. The molecule has 0 aromatic carbocycles. The van der Waals surface area contributed by atoms with Crippen molar-refractivity contribution in [2.24, 2.45) is 11.8 Å². The van der Waals surface area contributed by atoms with Gasteiger partial charge in [0.25, 0.3) is 0 Å². The average Bonchev–Trinajstić information content (AvgIpc) is 2.95. The van der Waals surface area contributed by atoms with Crippen molar-refractivity contribution in [2.45, 2.75) is 43.7 Å². The van der Waals surface area contributed by atoms with Crippen LogP contribution in [0.5, 0.6) is 0 Å². The van der Waals surface area contributed by atoms with Crippen molar-refractivity contribution in [3.05, 3.63) is 0 Å². The van der Waals surface area contributed by atoms with E-state index in [0.717, 1.165) is 24.9 Å². The van der Waals surface area contributed by atoms with Crippen LogP contribution < -0.4 is 5.32 Å². The third kappa shape index (κ3) is 1.09. The number of fused-ring (bicyclic) bond motifs is 1. The summed E-state index contributed by atoms with van der Waals surface area (Å²) < 4.78 is 0. The van der Waals surface area contributed by atoms with Gasteiger partial charge < -0.3 is 10.4 Å². The van der Waals surface area contributed by atoms with Crippen LogP contribution in [0.3, 0.4) is 0 Å². The van der Waals surface area contributed by atoms with E-state index < -0.39 is 0 Å². The van der Waals surface area contributed by atoms with Crippen LogP contribution in [0.1, 0.15) is 32.1 Å². The lowest BCUT2D eigenvalue weighted by Crippen LogP contribution is -2.41. The van der Waals surface area contributed by atoms with Gasteiger partial charge >= 0.3 is 0 Å². The minimum Gasteiger partial charge on any atom is -0.388 e. The van der Waals surface area contributed by atoms with Crippen molar-refractivity contribution in [2.75, 3.05) is 6.54 Å². The Kier molecular flexibility index (Phi) is 1.37. The maximum Gasteiger partial charge on any atom is 0.0802 e. The molecule has 2 nitrogen and oxygen atoms in total. The maximum atomic E-state index is 10.2. The summed E-state index contributed by atoms with van der Waals surface area (Å²) in [6, 6.07) is 0.742. The fraction of sp³-hybridized carbons (Fsp3) is 1.00. The summed E-state index contributed by atoms with van der Waals surface area (Å²) in [6.45, 7) is 0.860. The van der Waals surface area contributed by atoms with Gasteiger partial charge in [-0.2, -0.15) is 0 Å². The number of hydrogen-bond acceptors (Lipinski definition) is 2.